The summed E-state index contributed by atoms with van der Waals surface area (Å²) in [6, 6.07) is 12.8. The number of ether oxygens (including phenoxy) is 1. The van der Waals surface area contributed by atoms with E-state index in [1.165, 1.54) is 17.4 Å². The summed E-state index contributed by atoms with van der Waals surface area (Å²) >= 11 is 1.17. The van der Waals surface area contributed by atoms with E-state index in [0.717, 1.165) is 27.6 Å². The maximum Gasteiger partial charge on any atom is 0.246 e. The number of rotatable bonds is 6. The number of Topliss-reactive ketones (excluding diaryl/α,β-unsaturated/α-hetero) is 1. The second-order valence-corrected chi connectivity index (χ2v) is 10.3. The Labute approximate surface area is 195 Å². The Morgan fingerprint density at radius 3 is 2.58 bits per heavy atom. The van der Waals surface area contributed by atoms with Crippen molar-refractivity contribution in [1.82, 2.24) is 9.29 Å². The average molecular weight is 486 g/mol. The molecule has 2 aromatic carbocycles. The van der Waals surface area contributed by atoms with E-state index < -0.39 is 32.4 Å². The number of benzene rings is 2. The maximum absolute atomic E-state index is 14.5. The number of hydrogen-bond donors (Lipinski definition) is 0. The number of aromatic nitrogens is 1. The third kappa shape index (κ3) is 4.72. The first-order valence-corrected chi connectivity index (χ1v) is 12.5. The van der Waals surface area contributed by atoms with Gasteiger partial charge in [-0.25, -0.2) is 17.8 Å². The smallest absolute Gasteiger partial charge is 0.246 e. The molecule has 0 amide bonds. The summed E-state index contributed by atoms with van der Waals surface area (Å²) in [5.74, 6) is -2.83. The first-order chi connectivity index (χ1) is 15.8. The number of aryl methyl sites for hydroxylation is 1. The van der Waals surface area contributed by atoms with E-state index in [0.29, 0.717) is 10.7 Å². The molecule has 0 bridgehead atoms. The van der Waals surface area contributed by atoms with Gasteiger partial charge in [0, 0.05) is 29.6 Å². The van der Waals surface area contributed by atoms with Crippen molar-refractivity contribution in [3.05, 3.63) is 69.8 Å². The van der Waals surface area contributed by atoms with Crippen molar-refractivity contribution in [2.75, 3.05) is 26.3 Å². The summed E-state index contributed by atoms with van der Waals surface area (Å²) in [6.07, 6.45) is 0. The van der Waals surface area contributed by atoms with E-state index in [1.807, 2.05) is 37.3 Å². The van der Waals surface area contributed by atoms with Crippen LogP contribution < -0.4 is 0 Å². The second-order valence-electron chi connectivity index (χ2n) is 7.53. The molecular formula is C23H20FN3O4S2. The zero-order valence-electron chi connectivity index (χ0n) is 17.7. The Morgan fingerprint density at radius 2 is 1.91 bits per heavy atom. The molecule has 2 heterocycles. The molecule has 10 heteroatoms. The molecule has 170 valence electrons. The number of ketones is 1. The van der Waals surface area contributed by atoms with Crippen molar-refractivity contribution in [2.24, 2.45) is 0 Å². The van der Waals surface area contributed by atoms with Gasteiger partial charge < -0.3 is 4.74 Å². The van der Waals surface area contributed by atoms with Crippen LogP contribution in [0.3, 0.4) is 0 Å². The van der Waals surface area contributed by atoms with Gasteiger partial charge in [-0.3, -0.25) is 4.79 Å². The van der Waals surface area contributed by atoms with E-state index in [1.54, 1.807) is 5.38 Å². The molecule has 7 nitrogen and oxygen atoms in total. The SMILES string of the molecule is Cc1ccc(-c2csc([C@H](C#N)C(=O)c3ccc(F)c(S(=O)(=O)N4CCOCC4)c3)n2)cc1. The van der Waals surface area contributed by atoms with Crippen LogP contribution in [0.4, 0.5) is 4.39 Å². The van der Waals surface area contributed by atoms with E-state index in [2.05, 4.69) is 4.98 Å². The van der Waals surface area contributed by atoms with Gasteiger partial charge >= 0.3 is 0 Å². The number of morpholine rings is 1. The molecule has 3 aromatic rings. The summed E-state index contributed by atoms with van der Waals surface area (Å²) in [5, 5.41) is 11.7. The lowest BCUT2D eigenvalue weighted by molar-refractivity contribution is 0.0729. The minimum Gasteiger partial charge on any atom is -0.379 e. The van der Waals surface area contributed by atoms with Gasteiger partial charge in [0.15, 0.2) is 11.7 Å². The molecule has 1 saturated heterocycles. The van der Waals surface area contributed by atoms with Crippen LogP contribution in [0, 0.1) is 24.1 Å². The molecule has 0 aliphatic carbocycles. The van der Waals surface area contributed by atoms with Gasteiger partial charge in [0.05, 0.1) is 25.0 Å². The number of carbonyl (C=O) groups excluding carboxylic acids is 1. The van der Waals surface area contributed by atoms with Crippen molar-refractivity contribution in [1.29, 1.82) is 5.26 Å². The Kier molecular flexibility index (Phi) is 6.67. The topological polar surface area (TPSA) is 100 Å². The zero-order chi connectivity index (χ0) is 23.6. The van der Waals surface area contributed by atoms with Crippen LogP contribution in [0.2, 0.25) is 0 Å². The van der Waals surface area contributed by atoms with Crippen molar-refractivity contribution >= 4 is 27.1 Å². The van der Waals surface area contributed by atoms with E-state index in [-0.39, 0.29) is 31.9 Å². The van der Waals surface area contributed by atoms with Gasteiger partial charge in [0.25, 0.3) is 0 Å². The summed E-state index contributed by atoms with van der Waals surface area (Å²) < 4.78 is 46.6. The van der Waals surface area contributed by atoms with E-state index in [9.17, 15) is 22.9 Å². The molecule has 1 atom stereocenters. The Hall–Kier alpha value is -2.97. The van der Waals surface area contributed by atoms with Crippen molar-refractivity contribution < 1.29 is 22.3 Å². The Bertz CT molecular complexity index is 1320. The minimum absolute atomic E-state index is 0.0677. The molecule has 33 heavy (non-hydrogen) atoms. The van der Waals surface area contributed by atoms with Crippen LogP contribution in [0.25, 0.3) is 11.3 Å². The standard InChI is InChI=1S/C23H20FN3O4S2/c1-15-2-4-16(5-3-15)20-14-32-23(26-20)18(13-25)22(28)17-6-7-19(24)21(12-17)33(29,30)27-8-10-31-11-9-27/h2-7,12,14,18H,8-11H2,1H3/t18-/m1/s1. The fraction of sp³-hybridized carbons (Fsp3) is 0.261. The molecule has 1 aromatic heterocycles. The maximum atomic E-state index is 14.5. The molecule has 1 aliphatic heterocycles. The van der Waals surface area contributed by atoms with Crippen molar-refractivity contribution in [3.63, 3.8) is 0 Å². The highest BCUT2D eigenvalue weighted by Crippen LogP contribution is 2.30. The number of nitrogens with zero attached hydrogens (tertiary/aromatic N) is 3. The van der Waals surface area contributed by atoms with E-state index in [4.69, 9.17) is 4.74 Å². The summed E-state index contributed by atoms with van der Waals surface area (Å²) in [6.45, 7) is 2.59. The molecule has 4 rings (SSSR count). The van der Waals surface area contributed by atoms with Gasteiger partial charge in [-0.05, 0) is 25.1 Å². The minimum atomic E-state index is -4.15. The molecule has 1 aliphatic rings. The van der Waals surface area contributed by atoms with Crippen LogP contribution >= 0.6 is 11.3 Å². The molecule has 0 unspecified atom stereocenters. The number of nitriles is 1. The lowest BCUT2D eigenvalue weighted by Gasteiger charge is -2.26. The van der Waals surface area contributed by atoms with E-state index >= 15 is 0 Å². The molecule has 0 radical (unpaired) electrons. The Morgan fingerprint density at radius 1 is 1.21 bits per heavy atom. The highest BCUT2D eigenvalue weighted by atomic mass is 32.2. The molecule has 1 fully saturated rings. The lowest BCUT2D eigenvalue weighted by atomic mass is 9.99. The molecular weight excluding hydrogens is 465 g/mol. The first kappa shape index (κ1) is 23.2. The van der Waals surface area contributed by atoms with Gasteiger partial charge in [0.1, 0.15) is 15.7 Å². The number of halogens is 1. The third-order valence-corrected chi connectivity index (χ3v) is 8.13. The molecule has 0 saturated carbocycles. The monoisotopic (exact) mass is 485 g/mol. The van der Waals surface area contributed by atoms with Crippen LogP contribution in [0.1, 0.15) is 26.8 Å². The fourth-order valence-corrected chi connectivity index (χ4v) is 5.82. The first-order valence-electron chi connectivity index (χ1n) is 10.1. The van der Waals surface area contributed by atoms with Gasteiger partial charge in [-0.1, -0.05) is 29.8 Å². The Balaban J connectivity index is 1.64. The normalized spacial score (nSPS) is 15.7. The van der Waals surface area contributed by atoms with Gasteiger partial charge in [-0.15, -0.1) is 11.3 Å². The van der Waals surface area contributed by atoms with Crippen molar-refractivity contribution in [2.45, 2.75) is 17.7 Å². The van der Waals surface area contributed by atoms with Crippen LogP contribution in [0.5, 0.6) is 0 Å². The molecule has 0 N–H and O–H groups in total. The van der Waals surface area contributed by atoms with Crippen LogP contribution in [-0.4, -0.2) is 49.8 Å². The number of carbonyl (C=O) groups is 1. The van der Waals surface area contributed by atoms with Crippen LogP contribution in [0.15, 0.2) is 52.7 Å². The zero-order valence-corrected chi connectivity index (χ0v) is 19.3. The number of sulfonamides is 1. The summed E-state index contributed by atoms with van der Waals surface area (Å²) in [5.41, 5.74) is 2.52. The average Bonchev–Trinajstić information content (AvgIpc) is 3.30. The highest BCUT2D eigenvalue weighted by molar-refractivity contribution is 7.89. The highest BCUT2D eigenvalue weighted by Gasteiger charge is 2.31. The van der Waals surface area contributed by atoms with Gasteiger partial charge in [-0.2, -0.15) is 9.57 Å². The summed E-state index contributed by atoms with van der Waals surface area (Å²) in [4.78, 5) is 17.0. The number of hydrogen-bond acceptors (Lipinski definition) is 7. The number of thiazole rings is 1. The van der Waals surface area contributed by atoms with Gasteiger partial charge in [0.2, 0.25) is 10.0 Å². The third-order valence-electron chi connectivity index (χ3n) is 5.31. The van der Waals surface area contributed by atoms with Crippen molar-refractivity contribution in [3.8, 4) is 17.3 Å². The molecule has 0 spiro atoms. The van der Waals surface area contributed by atoms with Crippen LogP contribution in [-0.2, 0) is 14.8 Å². The summed E-state index contributed by atoms with van der Waals surface area (Å²) in [7, 11) is -4.15. The predicted molar refractivity (Wildman–Crippen MR) is 121 cm³/mol. The fourth-order valence-electron chi connectivity index (χ4n) is 3.45. The quantitative estimate of drug-likeness (QED) is 0.493. The largest absolute Gasteiger partial charge is 0.379 e. The predicted octanol–water partition coefficient (Wildman–Crippen LogP) is 3.77. The lowest BCUT2D eigenvalue weighted by Crippen LogP contribution is -2.41. The second kappa shape index (κ2) is 9.49.